The van der Waals surface area contributed by atoms with Crippen molar-refractivity contribution in [2.45, 2.75) is 20.8 Å². The van der Waals surface area contributed by atoms with Gasteiger partial charge in [0.15, 0.2) is 0 Å². The third-order valence-electron chi connectivity index (χ3n) is 2.87. The van der Waals surface area contributed by atoms with Crippen LogP contribution in [0.1, 0.15) is 25.0 Å². The third-order valence-corrected chi connectivity index (χ3v) is 3.47. The van der Waals surface area contributed by atoms with Crippen LogP contribution >= 0.6 is 0 Å². The minimum atomic E-state index is -3.25. The first kappa shape index (κ1) is 16.2. The fourth-order valence-corrected chi connectivity index (χ4v) is 2.62. The van der Waals surface area contributed by atoms with Crippen molar-refractivity contribution < 1.29 is 8.42 Å². The molecule has 0 saturated carbocycles. The van der Waals surface area contributed by atoms with Crippen LogP contribution in [0.5, 0.6) is 0 Å². The second-order valence-corrected chi connectivity index (χ2v) is 6.45. The Morgan fingerprint density at radius 3 is 2.45 bits per heavy atom. The maximum absolute atomic E-state index is 11.2. The van der Waals surface area contributed by atoms with E-state index >= 15 is 0 Å². The van der Waals surface area contributed by atoms with Gasteiger partial charge in [-0.05, 0) is 55.2 Å². The SMILES string of the molecule is C=C/C(=C(C)\C=C/C)c1ccc(NS(C)(=O)=O)cc1C. The number of allylic oxidation sites excluding steroid dienone is 5. The number of benzene rings is 1. The molecule has 1 rings (SSSR count). The second-order valence-electron chi connectivity index (χ2n) is 4.70. The van der Waals surface area contributed by atoms with E-state index in [0.29, 0.717) is 5.69 Å². The molecule has 0 radical (unpaired) electrons. The van der Waals surface area contributed by atoms with Crippen molar-refractivity contribution in [3.8, 4) is 0 Å². The van der Waals surface area contributed by atoms with E-state index in [4.69, 9.17) is 0 Å². The predicted molar refractivity (Wildman–Crippen MR) is 87.3 cm³/mol. The van der Waals surface area contributed by atoms with Gasteiger partial charge in [-0.15, -0.1) is 0 Å². The largest absolute Gasteiger partial charge is 0.284 e. The van der Waals surface area contributed by atoms with Gasteiger partial charge in [-0.2, -0.15) is 0 Å². The van der Waals surface area contributed by atoms with Crippen molar-refractivity contribution in [1.82, 2.24) is 0 Å². The third kappa shape index (κ3) is 4.38. The highest BCUT2D eigenvalue weighted by molar-refractivity contribution is 7.92. The average Bonchev–Trinajstić information content (AvgIpc) is 2.31. The lowest BCUT2D eigenvalue weighted by atomic mass is 9.96. The first-order valence-electron chi connectivity index (χ1n) is 6.33. The molecule has 0 aliphatic carbocycles. The summed E-state index contributed by atoms with van der Waals surface area (Å²) in [6, 6.07) is 5.49. The fourth-order valence-electron chi connectivity index (χ4n) is 2.07. The lowest BCUT2D eigenvalue weighted by Crippen LogP contribution is -2.09. The van der Waals surface area contributed by atoms with Gasteiger partial charge in [0.1, 0.15) is 0 Å². The van der Waals surface area contributed by atoms with Crippen molar-refractivity contribution in [2.75, 3.05) is 11.0 Å². The normalized spacial score (nSPS) is 13.2. The van der Waals surface area contributed by atoms with Crippen molar-refractivity contribution in [3.05, 3.63) is 59.7 Å². The Bertz CT molecular complexity index is 668. The van der Waals surface area contributed by atoms with Gasteiger partial charge in [-0.25, -0.2) is 8.42 Å². The Morgan fingerprint density at radius 2 is 2.00 bits per heavy atom. The summed E-state index contributed by atoms with van der Waals surface area (Å²) >= 11 is 0. The van der Waals surface area contributed by atoms with Crippen molar-refractivity contribution in [1.29, 1.82) is 0 Å². The maximum Gasteiger partial charge on any atom is 0.229 e. The lowest BCUT2D eigenvalue weighted by molar-refractivity contribution is 0.607. The smallest absolute Gasteiger partial charge is 0.229 e. The van der Waals surface area contributed by atoms with Gasteiger partial charge in [0.25, 0.3) is 0 Å². The van der Waals surface area contributed by atoms with Crippen LogP contribution in [-0.4, -0.2) is 14.7 Å². The Balaban J connectivity index is 3.29. The van der Waals surface area contributed by atoms with Crippen LogP contribution in [0.25, 0.3) is 5.57 Å². The molecule has 0 fully saturated rings. The molecule has 0 amide bonds. The molecule has 1 N–H and O–H groups in total. The Labute approximate surface area is 121 Å². The average molecular weight is 291 g/mol. The minimum absolute atomic E-state index is 0.570. The van der Waals surface area contributed by atoms with Crippen LogP contribution in [0, 0.1) is 6.92 Å². The number of nitrogens with one attached hydrogen (secondary N) is 1. The van der Waals surface area contributed by atoms with Crippen molar-refractivity contribution in [2.24, 2.45) is 0 Å². The Kier molecular flexibility index (Phi) is 5.34. The van der Waals surface area contributed by atoms with Gasteiger partial charge in [0.05, 0.1) is 6.26 Å². The van der Waals surface area contributed by atoms with E-state index in [1.165, 1.54) is 0 Å². The second kappa shape index (κ2) is 6.57. The molecule has 0 bridgehead atoms. The minimum Gasteiger partial charge on any atom is -0.284 e. The molecule has 0 aromatic heterocycles. The van der Waals surface area contributed by atoms with Gasteiger partial charge in [-0.1, -0.05) is 30.9 Å². The summed E-state index contributed by atoms with van der Waals surface area (Å²) in [4.78, 5) is 0. The van der Waals surface area contributed by atoms with Gasteiger partial charge >= 0.3 is 0 Å². The monoisotopic (exact) mass is 291 g/mol. The molecule has 0 aliphatic heterocycles. The van der Waals surface area contributed by atoms with E-state index in [0.717, 1.165) is 28.5 Å². The molecule has 0 aliphatic rings. The summed E-state index contributed by atoms with van der Waals surface area (Å²) in [5, 5.41) is 0. The van der Waals surface area contributed by atoms with Crippen LogP contribution in [0.4, 0.5) is 5.69 Å². The molecule has 3 nitrogen and oxygen atoms in total. The highest BCUT2D eigenvalue weighted by Gasteiger charge is 2.07. The summed E-state index contributed by atoms with van der Waals surface area (Å²) in [6.45, 7) is 9.81. The van der Waals surface area contributed by atoms with Crippen LogP contribution in [0.15, 0.2) is 48.6 Å². The molecule has 0 saturated heterocycles. The molecule has 4 heteroatoms. The summed E-state index contributed by atoms with van der Waals surface area (Å²) in [5.41, 5.74) is 4.79. The lowest BCUT2D eigenvalue weighted by Gasteiger charge is -2.12. The Hall–Kier alpha value is -1.81. The zero-order valence-electron chi connectivity index (χ0n) is 12.4. The summed E-state index contributed by atoms with van der Waals surface area (Å²) in [7, 11) is -3.25. The van der Waals surface area contributed by atoms with Crippen molar-refractivity contribution in [3.63, 3.8) is 0 Å². The van der Waals surface area contributed by atoms with E-state index in [1.54, 1.807) is 6.07 Å². The van der Waals surface area contributed by atoms with E-state index in [9.17, 15) is 8.42 Å². The van der Waals surface area contributed by atoms with E-state index < -0.39 is 10.0 Å². The topological polar surface area (TPSA) is 46.2 Å². The van der Waals surface area contributed by atoms with Crippen LogP contribution < -0.4 is 4.72 Å². The van der Waals surface area contributed by atoms with Crippen molar-refractivity contribution >= 4 is 21.3 Å². The van der Waals surface area contributed by atoms with Gasteiger partial charge < -0.3 is 0 Å². The van der Waals surface area contributed by atoms with Gasteiger partial charge in [-0.3, -0.25) is 4.72 Å². The standard InChI is InChI=1S/C16H21NO2S/c1-6-8-12(3)15(7-2)16-10-9-14(11-13(16)4)17-20(5,18)19/h6-11,17H,2H2,1,3-5H3/b8-6-,15-12+. The Morgan fingerprint density at radius 1 is 1.35 bits per heavy atom. The molecule has 1 aromatic carbocycles. The maximum atomic E-state index is 11.2. The highest BCUT2D eigenvalue weighted by Crippen LogP contribution is 2.26. The zero-order valence-corrected chi connectivity index (χ0v) is 13.2. The van der Waals surface area contributed by atoms with E-state index in [1.807, 2.05) is 51.1 Å². The molecule has 108 valence electrons. The predicted octanol–water partition coefficient (Wildman–Crippen LogP) is 3.90. The number of anilines is 1. The number of hydrogen-bond donors (Lipinski definition) is 1. The molecule has 0 heterocycles. The molecule has 0 spiro atoms. The fraction of sp³-hybridized carbons (Fsp3) is 0.250. The highest BCUT2D eigenvalue weighted by atomic mass is 32.2. The first-order chi connectivity index (χ1) is 9.28. The van der Waals surface area contributed by atoms with E-state index in [2.05, 4.69) is 11.3 Å². The van der Waals surface area contributed by atoms with Crippen LogP contribution in [-0.2, 0) is 10.0 Å². The molecular formula is C16H21NO2S. The summed E-state index contributed by atoms with van der Waals surface area (Å²) in [5.74, 6) is 0. The number of aryl methyl sites for hydroxylation is 1. The number of sulfonamides is 1. The zero-order chi connectivity index (χ0) is 15.3. The van der Waals surface area contributed by atoms with Crippen LogP contribution in [0.3, 0.4) is 0 Å². The molecule has 1 aromatic rings. The van der Waals surface area contributed by atoms with Gasteiger partial charge in [0.2, 0.25) is 10.0 Å². The van der Waals surface area contributed by atoms with E-state index in [-0.39, 0.29) is 0 Å². The molecule has 0 unspecified atom stereocenters. The molecule has 0 atom stereocenters. The van der Waals surface area contributed by atoms with Gasteiger partial charge in [0, 0.05) is 5.69 Å². The number of rotatable bonds is 5. The van der Waals surface area contributed by atoms with Crippen LogP contribution in [0.2, 0.25) is 0 Å². The summed E-state index contributed by atoms with van der Waals surface area (Å²) in [6.07, 6.45) is 6.97. The summed E-state index contributed by atoms with van der Waals surface area (Å²) < 4.78 is 24.9. The number of hydrogen-bond acceptors (Lipinski definition) is 2. The quantitative estimate of drug-likeness (QED) is 0.836. The molecule has 20 heavy (non-hydrogen) atoms. The first-order valence-corrected chi connectivity index (χ1v) is 8.22. The molecular weight excluding hydrogens is 270 g/mol.